The van der Waals surface area contributed by atoms with Crippen LogP contribution in [-0.2, 0) is 6.42 Å². The van der Waals surface area contributed by atoms with Gasteiger partial charge in [-0.1, -0.05) is 25.1 Å². The molecule has 5 nitrogen and oxygen atoms in total. The molecule has 0 saturated carbocycles. The molecular formula is C20H20N4O. The zero-order valence-electron chi connectivity index (χ0n) is 14.0. The van der Waals surface area contributed by atoms with Crippen molar-refractivity contribution >= 4 is 23.0 Å². The lowest BCUT2D eigenvalue weighted by molar-refractivity contribution is 0.0954. The second kappa shape index (κ2) is 6.09. The number of rotatable bonds is 3. The Morgan fingerprint density at radius 2 is 2.00 bits per heavy atom. The molecule has 25 heavy (non-hydrogen) atoms. The summed E-state index contributed by atoms with van der Waals surface area (Å²) < 4.78 is 0. The van der Waals surface area contributed by atoms with Gasteiger partial charge in [0.25, 0.3) is 0 Å². The van der Waals surface area contributed by atoms with Crippen LogP contribution in [0.15, 0.2) is 48.7 Å². The maximum atomic E-state index is 12.7. The van der Waals surface area contributed by atoms with Gasteiger partial charge in [0.1, 0.15) is 5.82 Å². The molecule has 0 spiro atoms. The van der Waals surface area contributed by atoms with Crippen molar-refractivity contribution < 1.29 is 4.79 Å². The van der Waals surface area contributed by atoms with Crippen molar-refractivity contribution in [2.45, 2.75) is 19.8 Å². The number of aromatic nitrogens is 2. The van der Waals surface area contributed by atoms with Gasteiger partial charge in [-0.2, -0.15) is 0 Å². The quantitative estimate of drug-likeness (QED) is 0.672. The number of pyridine rings is 1. The van der Waals surface area contributed by atoms with E-state index < -0.39 is 0 Å². The lowest BCUT2D eigenvalue weighted by Crippen LogP contribution is -2.17. The first-order valence-electron chi connectivity index (χ1n) is 8.44. The van der Waals surface area contributed by atoms with E-state index in [0.29, 0.717) is 18.2 Å². The molecule has 1 unspecified atom stereocenters. The zero-order chi connectivity index (χ0) is 17.4. The number of nitrogen functional groups attached to an aromatic ring is 1. The molecule has 4 N–H and O–H groups in total. The van der Waals surface area contributed by atoms with E-state index in [4.69, 9.17) is 5.73 Å². The fourth-order valence-corrected chi connectivity index (χ4v) is 3.46. The summed E-state index contributed by atoms with van der Waals surface area (Å²) in [5.74, 6) is 0.978. The molecule has 2 heterocycles. The fraction of sp³-hybridized carbons (Fsp3) is 0.200. The third kappa shape index (κ3) is 2.89. The number of hydrogen-bond donors (Lipinski definition) is 3. The summed E-state index contributed by atoms with van der Waals surface area (Å²) in [6.45, 7) is 2.11. The minimum Gasteiger partial charge on any atom is -0.384 e. The second-order valence-electron chi connectivity index (χ2n) is 6.63. The van der Waals surface area contributed by atoms with Crippen LogP contribution in [-0.4, -0.2) is 15.8 Å². The predicted molar refractivity (Wildman–Crippen MR) is 100.0 cm³/mol. The summed E-state index contributed by atoms with van der Waals surface area (Å²) in [6.07, 6.45) is 3.12. The van der Waals surface area contributed by atoms with Crippen LogP contribution in [0.2, 0.25) is 0 Å². The minimum absolute atomic E-state index is 0.178. The van der Waals surface area contributed by atoms with E-state index in [1.54, 1.807) is 6.20 Å². The van der Waals surface area contributed by atoms with Crippen LogP contribution in [0.5, 0.6) is 0 Å². The normalized spacial score (nSPS) is 16.5. The molecule has 0 saturated heterocycles. The first kappa shape index (κ1) is 15.4. The monoisotopic (exact) mass is 332 g/mol. The number of para-hydroxylation sites is 1. The third-order valence-corrected chi connectivity index (χ3v) is 4.56. The average Bonchev–Trinajstić information content (AvgIpc) is 2.94. The SMILES string of the molecule is CC1CC(=O)c2c([nH]c(-c3ccnc(N)c3)c2Nc2ccccc2)C1. The van der Waals surface area contributed by atoms with Crippen molar-refractivity contribution in [3.8, 4) is 11.3 Å². The van der Waals surface area contributed by atoms with E-state index in [9.17, 15) is 4.79 Å². The smallest absolute Gasteiger partial charge is 0.167 e. The number of benzene rings is 1. The summed E-state index contributed by atoms with van der Waals surface area (Å²) in [4.78, 5) is 20.2. The molecule has 4 rings (SSSR count). The van der Waals surface area contributed by atoms with Crippen LogP contribution >= 0.6 is 0 Å². The lowest BCUT2D eigenvalue weighted by Gasteiger charge is -2.18. The molecule has 0 amide bonds. The summed E-state index contributed by atoms with van der Waals surface area (Å²) in [5, 5.41) is 3.43. The van der Waals surface area contributed by atoms with Crippen LogP contribution in [0, 0.1) is 5.92 Å². The molecule has 0 aliphatic heterocycles. The molecule has 0 bridgehead atoms. The number of ketones is 1. The molecule has 5 heteroatoms. The van der Waals surface area contributed by atoms with Gasteiger partial charge in [-0.15, -0.1) is 0 Å². The van der Waals surface area contributed by atoms with Gasteiger partial charge < -0.3 is 16.0 Å². The van der Waals surface area contributed by atoms with Gasteiger partial charge in [-0.05, 0) is 36.6 Å². The number of H-pyrrole nitrogens is 1. The van der Waals surface area contributed by atoms with Gasteiger partial charge >= 0.3 is 0 Å². The van der Waals surface area contributed by atoms with E-state index in [2.05, 4.69) is 22.2 Å². The highest BCUT2D eigenvalue weighted by molar-refractivity contribution is 6.07. The Labute approximate surface area is 146 Å². The molecule has 3 aromatic rings. The van der Waals surface area contributed by atoms with Crippen molar-refractivity contribution in [2.24, 2.45) is 5.92 Å². The van der Waals surface area contributed by atoms with Crippen molar-refractivity contribution in [1.82, 2.24) is 9.97 Å². The van der Waals surface area contributed by atoms with Crippen molar-refractivity contribution in [3.63, 3.8) is 0 Å². The minimum atomic E-state index is 0.178. The van der Waals surface area contributed by atoms with E-state index >= 15 is 0 Å². The number of nitrogens with one attached hydrogen (secondary N) is 2. The van der Waals surface area contributed by atoms with E-state index in [0.717, 1.165) is 40.3 Å². The first-order valence-corrected chi connectivity index (χ1v) is 8.44. The Morgan fingerprint density at radius 3 is 2.76 bits per heavy atom. The molecule has 1 aromatic carbocycles. The number of hydrogen-bond acceptors (Lipinski definition) is 4. The van der Waals surface area contributed by atoms with Gasteiger partial charge in [0.2, 0.25) is 0 Å². The number of carbonyl (C=O) groups excluding carboxylic acids is 1. The number of fused-ring (bicyclic) bond motifs is 1. The number of nitrogens with zero attached hydrogens (tertiary/aromatic N) is 1. The van der Waals surface area contributed by atoms with Gasteiger partial charge in [0, 0.05) is 29.6 Å². The molecule has 126 valence electrons. The maximum absolute atomic E-state index is 12.7. The van der Waals surface area contributed by atoms with Gasteiger partial charge in [-0.3, -0.25) is 4.79 Å². The van der Waals surface area contributed by atoms with Gasteiger partial charge in [-0.25, -0.2) is 4.98 Å². The van der Waals surface area contributed by atoms with Crippen molar-refractivity contribution in [2.75, 3.05) is 11.1 Å². The summed E-state index contributed by atoms with van der Waals surface area (Å²) >= 11 is 0. The summed E-state index contributed by atoms with van der Waals surface area (Å²) in [6, 6.07) is 13.6. The van der Waals surface area contributed by atoms with Crippen molar-refractivity contribution in [1.29, 1.82) is 0 Å². The standard InChI is InChI=1S/C20H20N4O/c1-12-9-15-18(16(25)10-12)20(23-14-5-3-2-4-6-14)19(24-15)13-7-8-22-17(21)11-13/h2-8,11-12,23-24H,9-10H2,1H3,(H2,21,22). The number of Topliss-reactive ketones (excluding diaryl/α,β-unsaturated/α-hetero) is 1. The molecule has 1 atom stereocenters. The average molecular weight is 332 g/mol. The summed E-state index contributed by atoms with van der Waals surface area (Å²) in [5.41, 5.74) is 11.2. The third-order valence-electron chi connectivity index (χ3n) is 4.56. The van der Waals surface area contributed by atoms with Crippen LogP contribution in [0.1, 0.15) is 29.4 Å². The maximum Gasteiger partial charge on any atom is 0.167 e. The van der Waals surface area contributed by atoms with Crippen molar-refractivity contribution in [3.05, 3.63) is 59.9 Å². The molecule has 2 aromatic heterocycles. The number of nitrogens with two attached hydrogens (primary N) is 1. The number of anilines is 3. The van der Waals surface area contributed by atoms with Crippen LogP contribution < -0.4 is 11.1 Å². The highest BCUT2D eigenvalue weighted by atomic mass is 16.1. The van der Waals surface area contributed by atoms with Gasteiger partial charge in [0.05, 0.1) is 16.9 Å². The first-order chi connectivity index (χ1) is 12.1. The Bertz CT molecular complexity index is 930. The second-order valence-corrected chi connectivity index (χ2v) is 6.63. The Morgan fingerprint density at radius 1 is 1.20 bits per heavy atom. The van der Waals surface area contributed by atoms with E-state index in [1.807, 2.05) is 42.5 Å². The Hall–Kier alpha value is -3.08. The molecule has 0 fully saturated rings. The fourth-order valence-electron chi connectivity index (χ4n) is 3.46. The highest BCUT2D eigenvalue weighted by Gasteiger charge is 2.30. The van der Waals surface area contributed by atoms with Crippen LogP contribution in [0.3, 0.4) is 0 Å². The summed E-state index contributed by atoms with van der Waals surface area (Å²) in [7, 11) is 0. The largest absolute Gasteiger partial charge is 0.384 e. The molecule has 0 radical (unpaired) electrons. The number of carbonyl (C=O) groups is 1. The molecule has 1 aliphatic rings. The highest BCUT2D eigenvalue weighted by Crippen LogP contribution is 2.39. The molecular weight excluding hydrogens is 312 g/mol. The van der Waals surface area contributed by atoms with E-state index in [1.165, 1.54) is 0 Å². The van der Waals surface area contributed by atoms with Crippen LogP contribution in [0.4, 0.5) is 17.2 Å². The van der Waals surface area contributed by atoms with E-state index in [-0.39, 0.29) is 5.78 Å². The molecule has 1 aliphatic carbocycles. The zero-order valence-corrected chi connectivity index (χ0v) is 14.0. The number of aromatic amines is 1. The topological polar surface area (TPSA) is 83.8 Å². The van der Waals surface area contributed by atoms with Gasteiger partial charge in [0.15, 0.2) is 5.78 Å². The Balaban J connectivity index is 1.88. The van der Waals surface area contributed by atoms with Crippen LogP contribution in [0.25, 0.3) is 11.3 Å². The Kier molecular flexibility index (Phi) is 3.76. The lowest BCUT2D eigenvalue weighted by atomic mass is 9.87. The predicted octanol–water partition coefficient (Wildman–Crippen LogP) is 4.17.